The van der Waals surface area contributed by atoms with Gasteiger partial charge in [0.15, 0.2) is 5.78 Å². The highest BCUT2D eigenvalue weighted by molar-refractivity contribution is 6.27. The molecular weight excluding hydrogens is 318 g/mol. The van der Waals surface area contributed by atoms with Crippen LogP contribution in [-0.2, 0) is 14.4 Å². The molecule has 0 bridgehead atoms. The first-order chi connectivity index (χ1) is 12.1. The highest BCUT2D eigenvalue weighted by Gasteiger charge is 2.45. The van der Waals surface area contributed by atoms with Crippen LogP contribution in [-0.4, -0.2) is 33.5 Å². The van der Waals surface area contributed by atoms with Crippen molar-refractivity contribution < 1.29 is 14.4 Å². The smallest absolute Gasteiger partial charge is 0.261 e. The van der Waals surface area contributed by atoms with Crippen molar-refractivity contribution in [1.82, 2.24) is 9.88 Å². The van der Waals surface area contributed by atoms with Crippen LogP contribution in [0, 0.1) is 0 Å². The van der Waals surface area contributed by atoms with Crippen molar-refractivity contribution in [2.45, 2.75) is 44.1 Å². The van der Waals surface area contributed by atoms with E-state index in [1.54, 1.807) is 18.5 Å². The summed E-state index contributed by atoms with van der Waals surface area (Å²) in [5.74, 6) is -0.530. The van der Waals surface area contributed by atoms with E-state index >= 15 is 0 Å². The second-order valence-corrected chi connectivity index (χ2v) is 6.85. The number of rotatable bonds is 2. The zero-order chi connectivity index (χ0) is 17.6. The molecule has 1 aromatic rings. The molecule has 1 saturated carbocycles. The number of likely N-dealkylation sites (tertiary alicyclic amines) is 1. The zero-order valence-corrected chi connectivity index (χ0v) is 13.8. The standard InChI is InChI=1S/C19H19N3O3/c20-17-10-21-7-6-14(17)11-2-1-3-12(8-11)22-18(24)15-5-4-13(23)9-16(15)19(22)25/h5-7,9-12H,1-4,8,20H2. The highest BCUT2D eigenvalue weighted by atomic mass is 16.2. The number of fused-ring (bicyclic) bond motifs is 1. The molecule has 25 heavy (non-hydrogen) atoms. The van der Waals surface area contributed by atoms with Crippen molar-refractivity contribution in [1.29, 1.82) is 0 Å². The van der Waals surface area contributed by atoms with Gasteiger partial charge in [0, 0.05) is 24.2 Å². The molecule has 2 aliphatic carbocycles. The average molecular weight is 337 g/mol. The number of anilines is 1. The Labute approximate surface area is 145 Å². The van der Waals surface area contributed by atoms with Crippen LogP contribution in [0.3, 0.4) is 0 Å². The molecule has 2 unspecified atom stereocenters. The highest BCUT2D eigenvalue weighted by Crippen LogP contribution is 2.40. The van der Waals surface area contributed by atoms with Gasteiger partial charge in [0.1, 0.15) is 0 Å². The molecule has 0 spiro atoms. The molecule has 4 rings (SSSR count). The van der Waals surface area contributed by atoms with Gasteiger partial charge in [-0.05, 0) is 42.9 Å². The number of pyridine rings is 1. The van der Waals surface area contributed by atoms with E-state index in [1.807, 2.05) is 6.07 Å². The molecule has 2 heterocycles. The molecule has 2 fully saturated rings. The molecule has 0 radical (unpaired) electrons. The van der Waals surface area contributed by atoms with Crippen molar-refractivity contribution in [3.05, 3.63) is 47.3 Å². The normalized spacial score (nSPS) is 26.4. The first-order valence-electron chi connectivity index (χ1n) is 8.58. The molecule has 1 aliphatic heterocycles. The number of carbonyl (C=O) groups excluding carboxylic acids is 3. The van der Waals surface area contributed by atoms with Crippen LogP contribution in [0.1, 0.15) is 43.6 Å². The molecule has 1 aromatic heterocycles. The second kappa shape index (κ2) is 5.95. The fourth-order valence-corrected chi connectivity index (χ4v) is 4.14. The van der Waals surface area contributed by atoms with Gasteiger partial charge in [-0.2, -0.15) is 0 Å². The number of ketones is 1. The van der Waals surface area contributed by atoms with E-state index in [1.165, 1.54) is 11.0 Å². The number of nitrogens with two attached hydrogens (primary N) is 1. The summed E-state index contributed by atoms with van der Waals surface area (Å²) in [6.45, 7) is 0. The minimum Gasteiger partial charge on any atom is -0.397 e. The van der Waals surface area contributed by atoms with Gasteiger partial charge in [0.2, 0.25) is 0 Å². The Morgan fingerprint density at radius 3 is 2.72 bits per heavy atom. The first kappa shape index (κ1) is 15.7. The summed E-state index contributed by atoms with van der Waals surface area (Å²) >= 11 is 0. The van der Waals surface area contributed by atoms with Gasteiger partial charge < -0.3 is 5.73 Å². The van der Waals surface area contributed by atoms with Crippen molar-refractivity contribution >= 4 is 23.3 Å². The van der Waals surface area contributed by atoms with Crippen LogP contribution < -0.4 is 5.73 Å². The van der Waals surface area contributed by atoms with E-state index in [9.17, 15) is 14.4 Å². The number of imide groups is 1. The van der Waals surface area contributed by atoms with Gasteiger partial charge in [0.25, 0.3) is 11.8 Å². The van der Waals surface area contributed by atoms with Gasteiger partial charge in [-0.1, -0.05) is 12.5 Å². The lowest BCUT2D eigenvalue weighted by atomic mass is 9.80. The van der Waals surface area contributed by atoms with Crippen LogP contribution in [0.25, 0.3) is 0 Å². The molecule has 2 amide bonds. The lowest BCUT2D eigenvalue weighted by Gasteiger charge is -2.34. The molecule has 2 N–H and O–H groups in total. The lowest BCUT2D eigenvalue weighted by Crippen LogP contribution is -2.42. The Kier molecular flexibility index (Phi) is 3.75. The molecule has 3 aliphatic rings. The maximum absolute atomic E-state index is 12.7. The van der Waals surface area contributed by atoms with Crippen molar-refractivity contribution in [2.24, 2.45) is 0 Å². The number of aromatic nitrogens is 1. The number of hydrogen-bond donors (Lipinski definition) is 1. The van der Waals surface area contributed by atoms with E-state index in [4.69, 9.17) is 5.73 Å². The van der Waals surface area contributed by atoms with Crippen LogP contribution in [0.15, 0.2) is 41.8 Å². The van der Waals surface area contributed by atoms with Crippen LogP contribution >= 0.6 is 0 Å². The maximum atomic E-state index is 12.7. The molecule has 0 aromatic carbocycles. The number of nitrogen functional groups attached to an aromatic ring is 1. The molecule has 6 nitrogen and oxygen atoms in total. The zero-order valence-electron chi connectivity index (χ0n) is 13.8. The maximum Gasteiger partial charge on any atom is 0.261 e. The van der Waals surface area contributed by atoms with E-state index in [0.29, 0.717) is 17.7 Å². The van der Waals surface area contributed by atoms with E-state index in [-0.39, 0.29) is 41.6 Å². The summed E-state index contributed by atoms with van der Waals surface area (Å²) in [4.78, 5) is 42.4. The largest absolute Gasteiger partial charge is 0.397 e. The Bertz CT molecular complexity index is 840. The Balaban J connectivity index is 1.61. The number of carbonyl (C=O) groups is 3. The van der Waals surface area contributed by atoms with Crippen LogP contribution in [0.5, 0.6) is 0 Å². The van der Waals surface area contributed by atoms with Crippen molar-refractivity contribution in [3.63, 3.8) is 0 Å². The van der Waals surface area contributed by atoms with E-state index in [2.05, 4.69) is 4.98 Å². The average Bonchev–Trinajstić information content (AvgIpc) is 2.86. The lowest BCUT2D eigenvalue weighted by molar-refractivity contribution is -0.140. The number of amides is 2. The van der Waals surface area contributed by atoms with E-state index < -0.39 is 0 Å². The summed E-state index contributed by atoms with van der Waals surface area (Å²) < 4.78 is 0. The van der Waals surface area contributed by atoms with Crippen LogP contribution in [0.4, 0.5) is 5.69 Å². The molecular formula is C19H19N3O3. The Morgan fingerprint density at radius 2 is 1.92 bits per heavy atom. The summed E-state index contributed by atoms with van der Waals surface area (Å²) in [5, 5.41) is 0. The van der Waals surface area contributed by atoms with Gasteiger partial charge >= 0.3 is 0 Å². The predicted molar refractivity (Wildman–Crippen MR) is 91.3 cm³/mol. The minimum atomic E-state index is -0.336. The summed E-state index contributed by atoms with van der Waals surface area (Å²) in [6, 6.07) is 1.76. The second-order valence-electron chi connectivity index (χ2n) is 6.85. The van der Waals surface area contributed by atoms with Gasteiger partial charge in [-0.3, -0.25) is 24.3 Å². The van der Waals surface area contributed by atoms with Gasteiger partial charge in [-0.15, -0.1) is 0 Å². The summed E-state index contributed by atoms with van der Waals surface area (Å²) in [5.41, 5.74) is 8.37. The van der Waals surface area contributed by atoms with Crippen LogP contribution in [0.2, 0.25) is 0 Å². The fraction of sp³-hybridized carbons (Fsp3) is 0.368. The molecule has 1 saturated heterocycles. The quantitative estimate of drug-likeness (QED) is 0.832. The number of allylic oxidation sites excluding steroid dienone is 2. The third-order valence-electron chi connectivity index (χ3n) is 5.34. The predicted octanol–water partition coefficient (Wildman–Crippen LogP) is 1.88. The minimum absolute atomic E-state index is 0.132. The van der Waals surface area contributed by atoms with E-state index in [0.717, 1.165) is 24.8 Å². The SMILES string of the molecule is Nc1cnccc1C1CCCC(N2C(=O)C3=CCC(=O)C=C3C2=O)C1. The first-order valence-corrected chi connectivity index (χ1v) is 8.58. The molecule has 2 atom stereocenters. The monoisotopic (exact) mass is 337 g/mol. The number of nitrogens with zero attached hydrogens (tertiary/aromatic N) is 2. The van der Waals surface area contributed by atoms with Gasteiger partial charge in [-0.25, -0.2) is 0 Å². The third kappa shape index (κ3) is 2.58. The Morgan fingerprint density at radius 1 is 1.12 bits per heavy atom. The Hall–Kier alpha value is -2.76. The van der Waals surface area contributed by atoms with Crippen molar-refractivity contribution in [2.75, 3.05) is 5.73 Å². The number of hydrogen-bond acceptors (Lipinski definition) is 5. The fourth-order valence-electron chi connectivity index (χ4n) is 4.14. The third-order valence-corrected chi connectivity index (χ3v) is 5.34. The topological polar surface area (TPSA) is 93.4 Å². The summed E-state index contributed by atoms with van der Waals surface area (Å²) in [6.07, 6.45) is 9.82. The van der Waals surface area contributed by atoms with Crippen molar-refractivity contribution in [3.8, 4) is 0 Å². The molecule has 6 heteroatoms. The van der Waals surface area contributed by atoms with Gasteiger partial charge in [0.05, 0.1) is 17.5 Å². The summed E-state index contributed by atoms with van der Waals surface area (Å²) in [7, 11) is 0. The molecule has 128 valence electrons.